The summed E-state index contributed by atoms with van der Waals surface area (Å²) < 4.78 is 37.6. The molecule has 0 saturated heterocycles. The van der Waals surface area contributed by atoms with E-state index in [-0.39, 0.29) is 19.1 Å². The standard InChI is InChI=1S/C19H22N2O5S/c1-13-4-3-5-16(8-13)11-27(23,24)21-14(2)19(22)20-10-15-6-7-17-18(9-15)26-12-25-17/h3-9,14,21H,10-12H2,1-2H3,(H,20,22)/t14-/m0/s1. The molecule has 2 aromatic rings. The smallest absolute Gasteiger partial charge is 0.238 e. The van der Waals surface area contributed by atoms with Gasteiger partial charge >= 0.3 is 0 Å². The molecule has 1 amide bonds. The fourth-order valence-corrected chi connectivity index (χ4v) is 4.13. The average Bonchev–Trinajstić information content (AvgIpc) is 3.06. The lowest BCUT2D eigenvalue weighted by molar-refractivity contribution is -0.122. The van der Waals surface area contributed by atoms with Gasteiger partial charge in [-0.1, -0.05) is 35.9 Å². The molecule has 1 heterocycles. The summed E-state index contributed by atoms with van der Waals surface area (Å²) in [4.78, 5) is 12.2. The molecule has 0 aromatic heterocycles. The largest absolute Gasteiger partial charge is 0.454 e. The Morgan fingerprint density at radius 1 is 1.11 bits per heavy atom. The maximum absolute atomic E-state index is 12.3. The zero-order valence-corrected chi connectivity index (χ0v) is 16.0. The molecule has 144 valence electrons. The van der Waals surface area contributed by atoms with E-state index in [4.69, 9.17) is 9.47 Å². The van der Waals surface area contributed by atoms with Crippen LogP contribution in [0.15, 0.2) is 42.5 Å². The molecule has 1 aliphatic heterocycles. The molecular formula is C19H22N2O5S. The summed E-state index contributed by atoms with van der Waals surface area (Å²) in [6.45, 7) is 3.86. The van der Waals surface area contributed by atoms with E-state index in [0.29, 0.717) is 17.1 Å². The van der Waals surface area contributed by atoms with Crippen LogP contribution in [0.25, 0.3) is 0 Å². The second-order valence-electron chi connectivity index (χ2n) is 6.49. The molecule has 3 rings (SSSR count). The molecule has 0 saturated carbocycles. The maximum atomic E-state index is 12.3. The summed E-state index contributed by atoms with van der Waals surface area (Å²) in [5, 5.41) is 2.72. The lowest BCUT2D eigenvalue weighted by Gasteiger charge is -2.15. The summed E-state index contributed by atoms with van der Waals surface area (Å²) in [6.07, 6.45) is 0. The molecule has 2 aromatic carbocycles. The van der Waals surface area contributed by atoms with Crippen LogP contribution in [0.5, 0.6) is 11.5 Å². The van der Waals surface area contributed by atoms with Crippen LogP contribution in [0.3, 0.4) is 0 Å². The van der Waals surface area contributed by atoms with Crippen molar-refractivity contribution in [1.29, 1.82) is 0 Å². The molecule has 1 atom stereocenters. The first kappa shape index (κ1) is 19.2. The van der Waals surface area contributed by atoms with Crippen molar-refractivity contribution in [2.75, 3.05) is 6.79 Å². The van der Waals surface area contributed by atoms with E-state index in [2.05, 4.69) is 10.0 Å². The molecule has 0 aliphatic carbocycles. The number of hydrogen-bond donors (Lipinski definition) is 2. The second-order valence-corrected chi connectivity index (χ2v) is 8.25. The minimum Gasteiger partial charge on any atom is -0.454 e. The van der Waals surface area contributed by atoms with Crippen LogP contribution in [0.4, 0.5) is 0 Å². The normalized spacial score (nSPS) is 14.0. The Kier molecular flexibility index (Phi) is 5.67. The number of benzene rings is 2. The summed E-state index contributed by atoms with van der Waals surface area (Å²) in [5.74, 6) is 0.727. The number of amides is 1. The topological polar surface area (TPSA) is 93.7 Å². The highest BCUT2D eigenvalue weighted by Crippen LogP contribution is 2.32. The van der Waals surface area contributed by atoms with Gasteiger partial charge in [0.05, 0.1) is 11.8 Å². The van der Waals surface area contributed by atoms with E-state index in [1.54, 1.807) is 18.2 Å². The van der Waals surface area contributed by atoms with Gasteiger partial charge in [0.25, 0.3) is 0 Å². The van der Waals surface area contributed by atoms with Crippen LogP contribution < -0.4 is 19.5 Å². The number of fused-ring (bicyclic) bond motifs is 1. The first-order chi connectivity index (χ1) is 12.8. The van der Waals surface area contributed by atoms with Gasteiger partial charge in [-0.25, -0.2) is 13.1 Å². The Balaban J connectivity index is 1.53. The molecule has 2 N–H and O–H groups in total. The Morgan fingerprint density at radius 3 is 2.67 bits per heavy atom. The fourth-order valence-electron chi connectivity index (χ4n) is 2.78. The fraction of sp³-hybridized carbons (Fsp3) is 0.316. The van der Waals surface area contributed by atoms with Crippen LogP contribution in [0, 0.1) is 6.92 Å². The zero-order valence-electron chi connectivity index (χ0n) is 15.2. The molecule has 1 aliphatic rings. The molecule has 27 heavy (non-hydrogen) atoms. The summed E-state index contributed by atoms with van der Waals surface area (Å²) in [6, 6.07) is 11.8. The first-order valence-corrected chi connectivity index (χ1v) is 10.2. The van der Waals surface area contributed by atoms with Gasteiger partial charge < -0.3 is 14.8 Å². The first-order valence-electron chi connectivity index (χ1n) is 8.54. The second kappa shape index (κ2) is 7.98. The predicted octanol–water partition coefficient (Wildman–Crippen LogP) is 1.85. The van der Waals surface area contributed by atoms with Crippen molar-refractivity contribution in [2.45, 2.75) is 32.2 Å². The number of hydrogen-bond acceptors (Lipinski definition) is 5. The minimum absolute atomic E-state index is 0.172. The van der Waals surface area contributed by atoms with E-state index in [0.717, 1.165) is 11.1 Å². The van der Waals surface area contributed by atoms with Crippen molar-refractivity contribution in [2.24, 2.45) is 0 Å². The molecule has 0 fully saturated rings. The number of nitrogens with one attached hydrogen (secondary N) is 2. The average molecular weight is 390 g/mol. The Hall–Kier alpha value is -2.58. The quantitative estimate of drug-likeness (QED) is 0.753. The highest BCUT2D eigenvalue weighted by atomic mass is 32.2. The van der Waals surface area contributed by atoms with E-state index >= 15 is 0 Å². The zero-order chi connectivity index (χ0) is 19.4. The molecule has 0 radical (unpaired) electrons. The van der Waals surface area contributed by atoms with Crippen LogP contribution in [-0.4, -0.2) is 27.2 Å². The van der Waals surface area contributed by atoms with Crippen molar-refractivity contribution in [3.05, 3.63) is 59.2 Å². The monoisotopic (exact) mass is 390 g/mol. The van der Waals surface area contributed by atoms with Gasteiger partial charge in [0, 0.05) is 6.54 Å². The van der Waals surface area contributed by atoms with E-state index in [1.807, 2.05) is 31.2 Å². The van der Waals surface area contributed by atoms with Crippen molar-refractivity contribution < 1.29 is 22.7 Å². The van der Waals surface area contributed by atoms with Crippen LogP contribution in [-0.2, 0) is 27.1 Å². The number of sulfonamides is 1. The van der Waals surface area contributed by atoms with Crippen LogP contribution >= 0.6 is 0 Å². The van der Waals surface area contributed by atoms with Crippen LogP contribution in [0.2, 0.25) is 0 Å². The van der Waals surface area contributed by atoms with Crippen molar-refractivity contribution in [1.82, 2.24) is 10.0 Å². The summed E-state index contributed by atoms with van der Waals surface area (Å²) >= 11 is 0. The van der Waals surface area contributed by atoms with Gasteiger partial charge in [-0.15, -0.1) is 0 Å². The van der Waals surface area contributed by atoms with Crippen LogP contribution in [0.1, 0.15) is 23.6 Å². The molecule has 0 spiro atoms. The van der Waals surface area contributed by atoms with E-state index in [9.17, 15) is 13.2 Å². The number of rotatable bonds is 7. The van der Waals surface area contributed by atoms with Crippen molar-refractivity contribution in [3.8, 4) is 11.5 Å². The minimum atomic E-state index is -3.63. The third kappa shape index (κ3) is 5.21. The Labute approximate surface area is 158 Å². The lowest BCUT2D eigenvalue weighted by atomic mass is 10.2. The third-order valence-electron chi connectivity index (χ3n) is 4.09. The summed E-state index contributed by atoms with van der Waals surface area (Å²) in [5.41, 5.74) is 2.50. The number of carbonyl (C=O) groups is 1. The van der Waals surface area contributed by atoms with E-state index < -0.39 is 22.0 Å². The van der Waals surface area contributed by atoms with Gasteiger partial charge in [0.15, 0.2) is 11.5 Å². The van der Waals surface area contributed by atoms with Gasteiger partial charge in [0.2, 0.25) is 22.7 Å². The number of ether oxygens (including phenoxy) is 2. The predicted molar refractivity (Wildman–Crippen MR) is 101 cm³/mol. The third-order valence-corrected chi connectivity index (χ3v) is 5.52. The van der Waals surface area contributed by atoms with Crippen molar-refractivity contribution in [3.63, 3.8) is 0 Å². The van der Waals surface area contributed by atoms with E-state index in [1.165, 1.54) is 6.92 Å². The maximum Gasteiger partial charge on any atom is 0.238 e. The van der Waals surface area contributed by atoms with Gasteiger partial charge in [0.1, 0.15) is 0 Å². The van der Waals surface area contributed by atoms with Crippen molar-refractivity contribution >= 4 is 15.9 Å². The SMILES string of the molecule is Cc1cccc(CS(=O)(=O)N[C@@H](C)C(=O)NCc2ccc3c(c2)OCO3)c1. The summed E-state index contributed by atoms with van der Waals surface area (Å²) in [7, 11) is -3.63. The molecule has 0 bridgehead atoms. The van der Waals surface area contributed by atoms with Gasteiger partial charge in [-0.3, -0.25) is 4.79 Å². The highest BCUT2D eigenvalue weighted by molar-refractivity contribution is 7.88. The molecule has 0 unspecified atom stereocenters. The molecule has 8 heteroatoms. The molecule has 7 nitrogen and oxygen atoms in total. The Morgan fingerprint density at radius 2 is 1.89 bits per heavy atom. The lowest BCUT2D eigenvalue weighted by Crippen LogP contribution is -2.44. The number of carbonyl (C=O) groups excluding carboxylic acids is 1. The highest BCUT2D eigenvalue weighted by Gasteiger charge is 2.21. The van der Waals surface area contributed by atoms with Gasteiger partial charge in [-0.05, 0) is 37.1 Å². The Bertz CT molecular complexity index is 943. The number of aryl methyl sites for hydroxylation is 1. The van der Waals surface area contributed by atoms with Gasteiger partial charge in [-0.2, -0.15) is 0 Å². The molecular weight excluding hydrogens is 368 g/mol.